The molecule has 1 aromatic rings. The van der Waals surface area contributed by atoms with E-state index in [1.165, 1.54) is 0 Å². The van der Waals surface area contributed by atoms with Crippen molar-refractivity contribution in [3.05, 3.63) is 18.0 Å². The van der Waals surface area contributed by atoms with Crippen molar-refractivity contribution in [2.75, 3.05) is 0 Å². The second-order valence-electron chi connectivity index (χ2n) is 6.27. The van der Waals surface area contributed by atoms with E-state index >= 15 is 0 Å². The van der Waals surface area contributed by atoms with Crippen LogP contribution in [0.2, 0.25) is 0 Å². The lowest BCUT2D eigenvalue weighted by molar-refractivity contribution is -0.119. The van der Waals surface area contributed by atoms with Crippen LogP contribution in [0.1, 0.15) is 46.2 Å². The van der Waals surface area contributed by atoms with Gasteiger partial charge in [0.1, 0.15) is 5.78 Å². The summed E-state index contributed by atoms with van der Waals surface area (Å²) in [6.07, 6.45) is 4.09. The van der Waals surface area contributed by atoms with Gasteiger partial charge in [0.05, 0.1) is 12.1 Å². The van der Waals surface area contributed by atoms with Crippen molar-refractivity contribution < 1.29 is 4.79 Å². The van der Waals surface area contributed by atoms with Crippen molar-refractivity contribution in [1.82, 2.24) is 9.78 Å². The van der Waals surface area contributed by atoms with Crippen LogP contribution in [0.25, 0.3) is 0 Å². The Bertz CT molecular complexity index is 374. The maximum Gasteiger partial charge on any atom is 0.139 e. The number of aromatic nitrogens is 2. The van der Waals surface area contributed by atoms with Crippen LogP contribution in [-0.4, -0.2) is 15.6 Å². The molecule has 0 radical (unpaired) electrons. The average Bonchev–Trinajstić information content (AvgIpc) is 2.46. The molecular weight excluding hydrogens is 212 g/mol. The first-order valence-corrected chi connectivity index (χ1v) is 6.26. The molecule has 0 spiro atoms. The van der Waals surface area contributed by atoms with Gasteiger partial charge in [0.25, 0.3) is 0 Å². The molecule has 0 bridgehead atoms. The van der Waals surface area contributed by atoms with E-state index in [1.807, 2.05) is 19.3 Å². The number of hydrogen-bond donors (Lipinski definition) is 0. The maximum absolute atomic E-state index is 11.9. The van der Waals surface area contributed by atoms with Crippen molar-refractivity contribution in [2.24, 2.45) is 18.4 Å². The van der Waals surface area contributed by atoms with Gasteiger partial charge in [0.2, 0.25) is 0 Å². The second kappa shape index (κ2) is 5.48. The van der Waals surface area contributed by atoms with Crippen LogP contribution in [0.5, 0.6) is 0 Å². The van der Waals surface area contributed by atoms with E-state index in [0.29, 0.717) is 30.0 Å². The van der Waals surface area contributed by atoms with Crippen molar-refractivity contribution >= 4 is 5.78 Å². The summed E-state index contributed by atoms with van der Waals surface area (Å²) in [5.74, 6) is 0.742. The van der Waals surface area contributed by atoms with Crippen LogP contribution < -0.4 is 0 Å². The number of hydrogen-bond acceptors (Lipinski definition) is 2. The molecule has 1 atom stereocenters. The molecule has 0 saturated carbocycles. The summed E-state index contributed by atoms with van der Waals surface area (Å²) in [5, 5.41) is 4.23. The lowest BCUT2D eigenvalue weighted by Gasteiger charge is -2.22. The molecule has 96 valence electrons. The van der Waals surface area contributed by atoms with Crippen LogP contribution in [0.4, 0.5) is 0 Å². The first-order chi connectivity index (χ1) is 7.76. The molecule has 1 rings (SSSR count). The predicted molar refractivity (Wildman–Crippen MR) is 69.8 cm³/mol. The smallest absolute Gasteiger partial charge is 0.139 e. The SMILES string of the molecule is CC(CC(=O)Cc1ccn(C)n1)CC(C)(C)C. The molecule has 1 unspecified atom stereocenters. The van der Waals surface area contributed by atoms with Crippen LogP contribution in [0.15, 0.2) is 12.3 Å². The van der Waals surface area contributed by atoms with Gasteiger partial charge in [0.15, 0.2) is 0 Å². The molecule has 3 heteroatoms. The highest BCUT2D eigenvalue weighted by atomic mass is 16.1. The van der Waals surface area contributed by atoms with E-state index in [2.05, 4.69) is 32.8 Å². The molecule has 0 aliphatic carbocycles. The standard InChI is InChI=1S/C14H24N2O/c1-11(10-14(2,3)4)8-13(17)9-12-6-7-16(5)15-12/h6-7,11H,8-10H2,1-5H3. The predicted octanol–water partition coefficient (Wildman–Crippen LogP) is 2.99. The highest BCUT2D eigenvalue weighted by Crippen LogP contribution is 2.26. The minimum absolute atomic E-state index is 0.292. The summed E-state index contributed by atoms with van der Waals surface area (Å²) in [7, 11) is 1.87. The molecule has 1 aromatic heterocycles. The monoisotopic (exact) mass is 236 g/mol. The Morgan fingerprint density at radius 3 is 2.59 bits per heavy atom. The highest BCUT2D eigenvalue weighted by Gasteiger charge is 2.18. The van der Waals surface area contributed by atoms with Crippen LogP contribution in [-0.2, 0) is 18.3 Å². The third-order valence-electron chi connectivity index (χ3n) is 2.68. The largest absolute Gasteiger partial charge is 0.299 e. The van der Waals surface area contributed by atoms with Gasteiger partial charge >= 0.3 is 0 Å². The number of carbonyl (C=O) groups is 1. The molecule has 3 nitrogen and oxygen atoms in total. The van der Waals surface area contributed by atoms with Gasteiger partial charge in [-0.1, -0.05) is 27.7 Å². The zero-order chi connectivity index (χ0) is 13.1. The van der Waals surface area contributed by atoms with E-state index in [-0.39, 0.29) is 0 Å². The second-order valence-corrected chi connectivity index (χ2v) is 6.27. The zero-order valence-electron chi connectivity index (χ0n) is 11.7. The third-order valence-corrected chi connectivity index (χ3v) is 2.68. The minimum Gasteiger partial charge on any atom is -0.299 e. The number of nitrogens with zero attached hydrogens (tertiary/aromatic N) is 2. The zero-order valence-corrected chi connectivity index (χ0v) is 11.7. The van der Waals surface area contributed by atoms with Gasteiger partial charge in [-0.05, 0) is 23.8 Å². The van der Waals surface area contributed by atoms with E-state index in [9.17, 15) is 4.79 Å². The van der Waals surface area contributed by atoms with Gasteiger partial charge in [-0.15, -0.1) is 0 Å². The Morgan fingerprint density at radius 2 is 2.12 bits per heavy atom. The van der Waals surface area contributed by atoms with E-state index in [1.54, 1.807) is 4.68 Å². The summed E-state index contributed by atoms with van der Waals surface area (Å²) in [4.78, 5) is 11.9. The third kappa shape index (κ3) is 5.66. The molecule has 0 fully saturated rings. The lowest BCUT2D eigenvalue weighted by Crippen LogP contribution is -2.15. The summed E-state index contributed by atoms with van der Waals surface area (Å²) in [6.45, 7) is 8.80. The Morgan fingerprint density at radius 1 is 1.47 bits per heavy atom. The molecule has 0 saturated heterocycles. The average molecular weight is 236 g/mol. The number of Topliss-reactive ketones (excluding diaryl/α,β-unsaturated/α-hetero) is 1. The molecule has 1 heterocycles. The molecule has 0 N–H and O–H groups in total. The normalized spacial score (nSPS) is 13.7. The van der Waals surface area contributed by atoms with Crippen LogP contribution in [0, 0.1) is 11.3 Å². The first kappa shape index (κ1) is 13.9. The molecule has 17 heavy (non-hydrogen) atoms. The van der Waals surface area contributed by atoms with Gasteiger partial charge in [-0.2, -0.15) is 5.10 Å². The van der Waals surface area contributed by atoms with Crippen LogP contribution >= 0.6 is 0 Å². The summed E-state index contributed by atoms with van der Waals surface area (Å²) < 4.78 is 1.74. The summed E-state index contributed by atoms with van der Waals surface area (Å²) in [6, 6.07) is 1.91. The highest BCUT2D eigenvalue weighted by molar-refractivity contribution is 5.80. The number of carbonyl (C=O) groups excluding carboxylic acids is 1. The number of ketones is 1. The molecule has 0 amide bonds. The topological polar surface area (TPSA) is 34.9 Å². The Balaban J connectivity index is 2.39. The lowest BCUT2D eigenvalue weighted by atomic mass is 9.83. The number of rotatable bonds is 5. The Kier molecular flexibility index (Phi) is 4.49. The number of aryl methyl sites for hydroxylation is 1. The Hall–Kier alpha value is -1.12. The quantitative estimate of drug-likeness (QED) is 0.787. The van der Waals surface area contributed by atoms with Gasteiger partial charge in [-0.3, -0.25) is 9.48 Å². The van der Waals surface area contributed by atoms with Crippen molar-refractivity contribution in [1.29, 1.82) is 0 Å². The Labute approximate surface area is 104 Å². The molecule has 0 aliphatic heterocycles. The van der Waals surface area contributed by atoms with Gasteiger partial charge < -0.3 is 0 Å². The summed E-state index contributed by atoms with van der Waals surface area (Å²) >= 11 is 0. The molecule has 0 aliphatic rings. The molecular formula is C14H24N2O. The van der Waals surface area contributed by atoms with Crippen molar-refractivity contribution in [3.63, 3.8) is 0 Å². The van der Waals surface area contributed by atoms with E-state index in [0.717, 1.165) is 12.1 Å². The fourth-order valence-corrected chi connectivity index (χ4v) is 2.34. The van der Waals surface area contributed by atoms with Gasteiger partial charge in [-0.25, -0.2) is 0 Å². The van der Waals surface area contributed by atoms with Crippen LogP contribution in [0.3, 0.4) is 0 Å². The molecule has 0 aromatic carbocycles. The fourth-order valence-electron chi connectivity index (χ4n) is 2.34. The van der Waals surface area contributed by atoms with Crippen molar-refractivity contribution in [2.45, 2.75) is 47.0 Å². The van der Waals surface area contributed by atoms with Crippen molar-refractivity contribution in [3.8, 4) is 0 Å². The summed E-state index contributed by atoms with van der Waals surface area (Å²) in [5.41, 5.74) is 1.17. The van der Waals surface area contributed by atoms with Gasteiger partial charge in [0, 0.05) is 19.7 Å². The maximum atomic E-state index is 11.9. The van der Waals surface area contributed by atoms with E-state index < -0.39 is 0 Å². The fraction of sp³-hybridized carbons (Fsp3) is 0.714. The van der Waals surface area contributed by atoms with E-state index in [4.69, 9.17) is 0 Å². The first-order valence-electron chi connectivity index (χ1n) is 6.26. The minimum atomic E-state index is 0.292.